The van der Waals surface area contributed by atoms with Gasteiger partial charge in [0.2, 0.25) is 0 Å². The Balaban J connectivity index is 2.22. The second-order valence-corrected chi connectivity index (χ2v) is 3.25. The van der Waals surface area contributed by atoms with Gasteiger partial charge in [0.05, 0.1) is 11.6 Å². The van der Waals surface area contributed by atoms with Gasteiger partial charge in [-0.15, -0.1) is 0 Å². The molecule has 0 unspecified atom stereocenters. The van der Waals surface area contributed by atoms with Gasteiger partial charge in [-0.3, -0.25) is 0 Å². The molecule has 0 fully saturated rings. The van der Waals surface area contributed by atoms with E-state index in [1.165, 1.54) is 18.5 Å². The Bertz CT molecular complexity index is 428. The van der Waals surface area contributed by atoms with Crippen LogP contribution >= 0.6 is 11.6 Å². The van der Waals surface area contributed by atoms with Crippen LogP contribution in [0.4, 0.5) is 4.39 Å². The Kier molecular flexibility index (Phi) is 2.45. The molecular formula is C9H7ClFN3. The van der Waals surface area contributed by atoms with Crippen LogP contribution in [0.15, 0.2) is 30.9 Å². The predicted molar refractivity (Wildman–Crippen MR) is 50.5 cm³/mol. The standard InChI is InChI=1S/C9H7ClFN3/c10-8-2-1-7(3-9(8)11)4-14-6-12-5-13-14/h1-3,5-6H,4H2. The second kappa shape index (κ2) is 3.75. The predicted octanol–water partition coefficient (Wildman–Crippen LogP) is 2.12. The maximum absolute atomic E-state index is 13.0. The van der Waals surface area contributed by atoms with Crippen LogP contribution in [0.5, 0.6) is 0 Å². The molecule has 14 heavy (non-hydrogen) atoms. The topological polar surface area (TPSA) is 30.7 Å². The summed E-state index contributed by atoms with van der Waals surface area (Å²) in [4.78, 5) is 3.79. The molecule has 2 aromatic rings. The highest BCUT2D eigenvalue weighted by atomic mass is 35.5. The number of rotatable bonds is 2. The van der Waals surface area contributed by atoms with Crippen molar-refractivity contribution in [2.24, 2.45) is 0 Å². The van der Waals surface area contributed by atoms with E-state index in [4.69, 9.17) is 11.6 Å². The first kappa shape index (κ1) is 9.15. The highest BCUT2D eigenvalue weighted by Crippen LogP contribution is 2.15. The van der Waals surface area contributed by atoms with E-state index in [0.29, 0.717) is 6.54 Å². The molecule has 2 rings (SSSR count). The molecule has 0 saturated carbocycles. The third-order valence-electron chi connectivity index (χ3n) is 1.80. The van der Waals surface area contributed by atoms with Crippen LogP contribution < -0.4 is 0 Å². The molecule has 72 valence electrons. The lowest BCUT2D eigenvalue weighted by Gasteiger charge is -2.01. The monoisotopic (exact) mass is 211 g/mol. The van der Waals surface area contributed by atoms with Gasteiger partial charge in [-0.25, -0.2) is 14.1 Å². The Morgan fingerprint density at radius 3 is 2.93 bits per heavy atom. The van der Waals surface area contributed by atoms with Crippen molar-refractivity contribution in [3.8, 4) is 0 Å². The Labute approximate surface area is 85.1 Å². The molecule has 0 aliphatic carbocycles. The van der Waals surface area contributed by atoms with Crippen molar-refractivity contribution in [1.82, 2.24) is 14.8 Å². The van der Waals surface area contributed by atoms with E-state index in [1.807, 2.05) is 0 Å². The van der Waals surface area contributed by atoms with Crippen LogP contribution in [0.3, 0.4) is 0 Å². The summed E-state index contributed by atoms with van der Waals surface area (Å²) in [6, 6.07) is 4.68. The molecule has 1 aromatic heterocycles. The highest BCUT2D eigenvalue weighted by Gasteiger charge is 2.01. The maximum atomic E-state index is 13.0. The lowest BCUT2D eigenvalue weighted by Crippen LogP contribution is -2.00. The first-order chi connectivity index (χ1) is 6.75. The summed E-state index contributed by atoms with van der Waals surface area (Å²) in [5, 5.41) is 4.05. The van der Waals surface area contributed by atoms with Crippen molar-refractivity contribution in [3.63, 3.8) is 0 Å². The van der Waals surface area contributed by atoms with Gasteiger partial charge in [0.25, 0.3) is 0 Å². The Hall–Kier alpha value is -1.42. The molecule has 0 bridgehead atoms. The zero-order valence-electron chi connectivity index (χ0n) is 7.19. The van der Waals surface area contributed by atoms with E-state index >= 15 is 0 Å². The molecule has 1 aromatic carbocycles. The zero-order valence-corrected chi connectivity index (χ0v) is 7.95. The summed E-state index contributed by atoms with van der Waals surface area (Å²) in [5.74, 6) is -0.413. The van der Waals surface area contributed by atoms with Crippen LogP contribution in [0, 0.1) is 5.82 Å². The van der Waals surface area contributed by atoms with E-state index < -0.39 is 5.82 Å². The summed E-state index contributed by atoms with van der Waals surface area (Å²) in [6.45, 7) is 0.494. The van der Waals surface area contributed by atoms with Crippen LogP contribution in [0.25, 0.3) is 0 Å². The fourth-order valence-corrected chi connectivity index (χ4v) is 1.26. The van der Waals surface area contributed by atoms with Crippen molar-refractivity contribution >= 4 is 11.6 Å². The largest absolute Gasteiger partial charge is 0.249 e. The van der Waals surface area contributed by atoms with Crippen LogP contribution in [-0.4, -0.2) is 14.8 Å². The van der Waals surface area contributed by atoms with E-state index in [-0.39, 0.29) is 5.02 Å². The summed E-state index contributed by atoms with van der Waals surface area (Å²) >= 11 is 5.55. The van der Waals surface area contributed by atoms with Crippen molar-refractivity contribution in [1.29, 1.82) is 0 Å². The van der Waals surface area contributed by atoms with Crippen molar-refractivity contribution in [2.45, 2.75) is 6.54 Å². The number of halogens is 2. The first-order valence-electron chi connectivity index (χ1n) is 4.02. The van der Waals surface area contributed by atoms with Gasteiger partial charge in [0.1, 0.15) is 18.5 Å². The fourth-order valence-electron chi connectivity index (χ4n) is 1.14. The number of nitrogens with zero attached hydrogens (tertiary/aromatic N) is 3. The fraction of sp³-hybridized carbons (Fsp3) is 0.111. The van der Waals surface area contributed by atoms with Crippen LogP contribution in [0.2, 0.25) is 5.02 Å². The smallest absolute Gasteiger partial charge is 0.142 e. The van der Waals surface area contributed by atoms with Crippen molar-refractivity contribution in [2.75, 3.05) is 0 Å². The van der Waals surface area contributed by atoms with Crippen LogP contribution in [0.1, 0.15) is 5.56 Å². The number of benzene rings is 1. The third kappa shape index (κ3) is 1.90. The molecule has 1 heterocycles. The lowest BCUT2D eigenvalue weighted by molar-refractivity contribution is 0.619. The second-order valence-electron chi connectivity index (χ2n) is 2.84. The molecule has 5 heteroatoms. The average molecular weight is 212 g/mol. The zero-order chi connectivity index (χ0) is 9.97. The molecule has 0 amide bonds. The molecule has 0 radical (unpaired) electrons. The maximum Gasteiger partial charge on any atom is 0.142 e. The molecule has 0 aliphatic heterocycles. The lowest BCUT2D eigenvalue weighted by atomic mass is 10.2. The Morgan fingerprint density at radius 1 is 1.43 bits per heavy atom. The number of aromatic nitrogens is 3. The van der Waals surface area contributed by atoms with Gasteiger partial charge in [0, 0.05) is 0 Å². The number of hydrogen-bond acceptors (Lipinski definition) is 2. The minimum atomic E-state index is -0.413. The van der Waals surface area contributed by atoms with E-state index in [0.717, 1.165) is 5.56 Å². The molecule has 0 atom stereocenters. The summed E-state index contributed by atoms with van der Waals surface area (Å²) in [5.41, 5.74) is 0.803. The van der Waals surface area contributed by atoms with Crippen molar-refractivity contribution < 1.29 is 4.39 Å². The molecule has 0 N–H and O–H groups in total. The SMILES string of the molecule is Fc1cc(Cn2cncn2)ccc1Cl. The highest BCUT2D eigenvalue weighted by molar-refractivity contribution is 6.30. The third-order valence-corrected chi connectivity index (χ3v) is 2.10. The van der Waals surface area contributed by atoms with Crippen LogP contribution in [-0.2, 0) is 6.54 Å². The van der Waals surface area contributed by atoms with E-state index in [9.17, 15) is 4.39 Å². The minimum absolute atomic E-state index is 0.132. The average Bonchev–Trinajstić information content (AvgIpc) is 2.64. The molecule has 0 saturated heterocycles. The molecule has 0 spiro atoms. The summed E-state index contributed by atoms with van der Waals surface area (Å²) in [6.07, 6.45) is 3.01. The molecule has 0 aliphatic rings. The van der Waals surface area contributed by atoms with E-state index in [2.05, 4.69) is 10.1 Å². The number of hydrogen-bond donors (Lipinski definition) is 0. The van der Waals surface area contributed by atoms with Gasteiger partial charge in [0.15, 0.2) is 0 Å². The summed E-state index contributed by atoms with van der Waals surface area (Å²) < 4.78 is 14.6. The van der Waals surface area contributed by atoms with Crippen molar-refractivity contribution in [3.05, 3.63) is 47.3 Å². The van der Waals surface area contributed by atoms with E-state index in [1.54, 1.807) is 17.1 Å². The van der Waals surface area contributed by atoms with Gasteiger partial charge < -0.3 is 0 Å². The molecular weight excluding hydrogens is 205 g/mol. The van der Waals surface area contributed by atoms with Gasteiger partial charge in [-0.1, -0.05) is 17.7 Å². The minimum Gasteiger partial charge on any atom is -0.249 e. The first-order valence-corrected chi connectivity index (χ1v) is 4.40. The summed E-state index contributed by atoms with van der Waals surface area (Å²) in [7, 11) is 0. The molecule has 3 nitrogen and oxygen atoms in total. The normalized spacial score (nSPS) is 10.4. The Morgan fingerprint density at radius 2 is 2.29 bits per heavy atom. The van der Waals surface area contributed by atoms with Gasteiger partial charge >= 0.3 is 0 Å². The quantitative estimate of drug-likeness (QED) is 0.762. The van der Waals surface area contributed by atoms with Gasteiger partial charge in [-0.05, 0) is 17.7 Å². The van der Waals surface area contributed by atoms with Gasteiger partial charge in [-0.2, -0.15) is 5.10 Å².